The van der Waals surface area contributed by atoms with Gasteiger partial charge in [-0.15, -0.1) is 0 Å². The second-order valence-corrected chi connectivity index (χ2v) is 11.2. The number of ketones is 1. The Morgan fingerprint density at radius 1 is 0.848 bits per heavy atom. The molecule has 1 amide bonds. The maximum absolute atomic E-state index is 12.8. The van der Waals surface area contributed by atoms with Gasteiger partial charge in [0.1, 0.15) is 12.0 Å². The Kier molecular flexibility index (Phi) is 6.56. The van der Waals surface area contributed by atoms with E-state index in [0.717, 1.165) is 18.5 Å². The summed E-state index contributed by atoms with van der Waals surface area (Å²) in [5.74, 6) is -1.14. The zero-order chi connectivity index (χ0) is 24.6. The standard InChI is InChI=1S/C28H35NO4/c1-26(2,3)33-24(31)17-23(30)18-8-10-19(11-9-18)25(32)29-20-12-13-21-22(16-20)28(6,7)15-14-27(21,4)5/h8-13,16H,14-15,17H2,1-7H3,(H,29,32). The summed E-state index contributed by atoms with van der Waals surface area (Å²) in [5, 5.41) is 2.98. The first kappa shape index (κ1) is 24.7. The summed E-state index contributed by atoms with van der Waals surface area (Å²) in [6, 6.07) is 12.5. The van der Waals surface area contributed by atoms with Crippen molar-refractivity contribution in [1.29, 1.82) is 0 Å². The summed E-state index contributed by atoms with van der Waals surface area (Å²) in [7, 11) is 0. The van der Waals surface area contributed by atoms with Gasteiger partial charge in [0.25, 0.3) is 5.91 Å². The molecule has 0 aromatic heterocycles. The lowest BCUT2D eigenvalue weighted by Gasteiger charge is -2.42. The van der Waals surface area contributed by atoms with Crippen LogP contribution in [0.5, 0.6) is 0 Å². The van der Waals surface area contributed by atoms with Crippen molar-refractivity contribution in [3.8, 4) is 0 Å². The first-order valence-electron chi connectivity index (χ1n) is 11.5. The molecule has 176 valence electrons. The van der Waals surface area contributed by atoms with Crippen molar-refractivity contribution >= 4 is 23.3 Å². The molecule has 0 atom stereocenters. The number of Topliss-reactive ketones (excluding diaryl/α,β-unsaturated/α-hetero) is 1. The van der Waals surface area contributed by atoms with Crippen LogP contribution in [0, 0.1) is 0 Å². The number of carbonyl (C=O) groups excluding carboxylic acids is 3. The third kappa shape index (κ3) is 5.89. The average Bonchev–Trinajstić information content (AvgIpc) is 2.70. The molecule has 2 aromatic carbocycles. The van der Waals surface area contributed by atoms with E-state index < -0.39 is 11.6 Å². The van der Waals surface area contributed by atoms with E-state index in [1.54, 1.807) is 45.0 Å². The van der Waals surface area contributed by atoms with Crippen molar-refractivity contribution in [1.82, 2.24) is 0 Å². The molecular weight excluding hydrogens is 414 g/mol. The number of ether oxygens (including phenoxy) is 1. The topological polar surface area (TPSA) is 72.5 Å². The minimum absolute atomic E-state index is 0.0573. The molecule has 0 saturated heterocycles. The minimum atomic E-state index is -0.638. The van der Waals surface area contributed by atoms with Crippen molar-refractivity contribution in [3.63, 3.8) is 0 Å². The third-order valence-electron chi connectivity index (χ3n) is 6.30. The van der Waals surface area contributed by atoms with E-state index in [1.807, 2.05) is 6.07 Å². The number of hydrogen-bond donors (Lipinski definition) is 1. The highest BCUT2D eigenvalue weighted by Gasteiger charge is 2.37. The van der Waals surface area contributed by atoms with Crippen molar-refractivity contribution in [2.45, 2.75) is 84.2 Å². The minimum Gasteiger partial charge on any atom is -0.460 e. The lowest BCUT2D eigenvalue weighted by Crippen LogP contribution is -2.33. The first-order chi connectivity index (χ1) is 15.2. The first-order valence-corrected chi connectivity index (χ1v) is 11.5. The molecule has 0 unspecified atom stereocenters. The van der Waals surface area contributed by atoms with Crippen LogP contribution in [0.4, 0.5) is 5.69 Å². The Morgan fingerprint density at radius 3 is 1.97 bits per heavy atom. The largest absolute Gasteiger partial charge is 0.460 e. The smallest absolute Gasteiger partial charge is 0.314 e. The van der Waals surface area contributed by atoms with Crippen LogP contribution in [0.3, 0.4) is 0 Å². The molecule has 3 rings (SSSR count). The average molecular weight is 450 g/mol. The Hall–Kier alpha value is -2.95. The van der Waals surface area contributed by atoms with E-state index in [4.69, 9.17) is 4.74 Å². The van der Waals surface area contributed by atoms with Crippen molar-refractivity contribution < 1.29 is 19.1 Å². The fraction of sp³-hybridized carbons (Fsp3) is 0.464. The molecule has 5 nitrogen and oxygen atoms in total. The molecule has 33 heavy (non-hydrogen) atoms. The number of nitrogens with one attached hydrogen (secondary N) is 1. The number of carbonyl (C=O) groups is 3. The zero-order valence-electron chi connectivity index (χ0n) is 20.8. The van der Waals surface area contributed by atoms with Crippen LogP contribution in [0.2, 0.25) is 0 Å². The van der Waals surface area contributed by atoms with Gasteiger partial charge in [-0.2, -0.15) is 0 Å². The maximum Gasteiger partial charge on any atom is 0.314 e. The van der Waals surface area contributed by atoms with Gasteiger partial charge in [-0.1, -0.05) is 45.9 Å². The van der Waals surface area contributed by atoms with E-state index in [0.29, 0.717) is 11.1 Å². The monoisotopic (exact) mass is 449 g/mol. The molecule has 1 N–H and O–H groups in total. The van der Waals surface area contributed by atoms with Crippen LogP contribution in [0.15, 0.2) is 42.5 Å². The summed E-state index contributed by atoms with van der Waals surface area (Å²) in [5.41, 5.74) is 3.73. The number of benzene rings is 2. The highest BCUT2D eigenvalue weighted by Crippen LogP contribution is 2.46. The molecular formula is C28H35NO4. The summed E-state index contributed by atoms with van der Waals surface area (Å²) >= 11 is 0. The van der Waals surface area contributed by atoms with Gasteiger partial charge in [0.2, 0.25) is 0 Å². The second-order valence-electron chi connectivity index (χ2n) is 11.2. The molecule has 2 aromatic rings. The van der Waals surface area contributed by atoms with Crippen molar-refractivity contribution in [2.75, 3.05) is 5.32 Å². The van der Waals surface area contributed by atoms with E-state index in [1.165, 1.54) is 11.1 Å². The molecule has 5 heteroatoms. The van der Waals surface area contributed by atoms with Gasteiger partial charge in [-0.05, 0) is 79.8 Å². The quantitative estimate of drug-likeness (QED) is 0.335. The van der Waals surface area contributed by atoms with Crippen LogP contribution in [-0.2, 0) is 20.4 Å². The number of anilines is 1. The molecule has 0 bridgehead atoms. The molecule has 0 fully saturated rings. The molecule has 1 aliphatic rings. The van der Waals surface area contributed by atoms with Crippen LogP contribution in [0.25, 0.3) is 0 Å². The summed E-state index contributed by atoms with van der Waals surface area (Å²) in [4.78, 5) is 37.1. The van der Waals surface area contributed by atoms with Gasteiger partial charge < -0.3 is 10.1 Å². The predicted molar refractivity (Wildman–Crippen MR) is 131 cm³/mol. The van der Waals surface area contributed by atoms with E-state index >= 15 is 0 Å². The van der Waals surface area contributed by atoms with Gasteiger partial charge in [-0.25, -0.2) is 0 Å². The van der Waals surface area contributed by atoms with Crippen LogP contribution < -0.4 is 5.32 Å². The predicted octanol–water partition coefficient (Wildman–Crippen LogP) is 6.20. The van der Waals surface area contributed by atoms with Crippen LogP contribution >= 0.6 is 0 Å². The van der Waals surface area contributed by atoms with Crippen LogP contribution in [-0.4, -0.2) is 23.3 Å². The van der Waals surface area contributed by atoms with Gasteiger partial charge in [0, 0.05) is 16.8 Å². The molecule has 0 heterocycles. The Balaban J connectivity index is 1.70. The summed E-state index contributed by atoms with van der Waals surface area (Å²) in [6.45, 7) is 14.3. The third-order valence-corrected chi connectivity index (χ3v) is 6.30. The van der Waals surface area contributed by atoms with Crippen molar-refractivity contribution in [2.24, 2.45) is 0 Å². The van der Waals surface area contributed by atoms with E-state index in [9.17, 15) is 14.4 Å². The lowest BCUT2D eigenvalue weighted by atomic mass is 9.63. The molecule has 0 radical (unpaired) electrons. The highest BCUT2D eigenvalue weighted by molar-refractivity contribution is 6.08. The van der Waals surface area contributed by atoms with Gasteiger partial charge >= 0.3 is 5.97 Å². The zero-order valence-corrected chi connectivity index (χ0v) is 20.8. The maximum atomic E-state index is 12.8. The second kappa shape index (κ2) is 8.77. The molecule has 0 aliphatic heterocycles. The highest BCUT2D eigenvalue weighted by atomic mass is 16.6. The van der Waals surface area contributed by atoms with Gasteiger partial charge in [0.05, 0.1) is 0 Å². The SMILES string of the molecule is CC(C)(C)OC(=O)CC(=O)c1ccc(C(=O)Nc2ccc3c(c2)C(C)(C)CCC3(C)C)cc1. The number of amides is 1. The number of esters is 1. The fourth-order valence-corrected chi connectivity index (χ4v) is 4.29. The molecule has 1 aliphatic carbocycles. The number of fused-ring (bicyclic) bond motifs is 1. The van der Waals surface area contributed by atoms with Crippen molar-refractivity contribution in [3.05, 3.63) is 64.7 Å². The Labute approximate surface area is 196 Å². The summed E-state index contributed by atoms with van der Waals surface area (Å²) < 4.78 is 5.20. The van der Waals surface area contributed by atoms with Gasteiger partial charge in [0.15, 0.2) is 5.78 Å². The Bertz CT molecular complexity index is 1070. The van der Waals surface area contributed by atoms with E-state index in [-0.39, 0.29) is 28.9 Å². The number of hydrogen-bond acceptors (Lipinski definition) is 4. The van der Waals surface area contributed by atoms with E-state index in [2.05, 4.69) is 45.1 Å². The molecule has 0 saturated carbocycles. The lowest BCUT2D eigenvalue weighted by molar-refractivity contribution is -0.153. The normalized spacial score (nSPS) is 16.5. The fourth-order valence-electron chi connectivity index (χ4n) is 4.29. The Morgan fingerprint density at radius 2 is 1.39 bits per heavy atom. The summed E-state index contributed by atoms with van der Waals surface area (Å²) in [6.07, 6.45) is 1.91. The number of rotatable bonds is 5. The van der Waals surface area contributed by atoms with Gasteiger partial charge in [-0.3, -0.25) is 14.4 Å². The van der Waals surface area contributed by atoms with Crippen LogP contribution in [0.1, 0.15) is 99.6 Å². The molecule has 0 spiro atoms.